The summed E-state index contributed by atoms with van der Waals surface area (Å²) in [6.07, 6.45) is 0. The van der Waals surface area contributed by atoms with Gasteiger partial charge in [-0.3, -0.25) is 0 Å². The summed E-state index contributed by atoms with van der Waals surface area (Å²) < 4.78 is 18.5. The van der Waals surface area contributed by atoms with Crippen molar-refractivity contribution in [3.05, 3.63) is 32.6 Å². The van der Waals surface area contributed by atoms with Crippen LogP contribution in [0.25, 0.3) is 11.3 Å². The molecule has 0 saturated heterocycles. The third kappa shape index (κ3) is 1.93. The van der Waals surface area contributed by atoms with Gasteiger partial charge in [0.15, 0.2) is 11.6 Å². The van der Waals surface area contributed by atoms with E-state index in [0.29, 0.717) is 14.9 Å². The predicted molar refractivity (Wildman–Crippen MR) is 64.0 cm³/mol. The van der Waals surface area contributed by atoms with Crippen LogP contribution in [0.15, 0.2) is 22.7 Å². The monoisotopic (exact) mass is 338 g/mol. The molecule has 2 rings (SSSR count). The van der Waals surface area contributed by atoms with Crippen LogP contribution < -0.4 is 5.73 Å². The number of hydrogen-bond donors (Lipinski definition) is 1. The molecule has 0 aliphatic heterocycles. The fourth-order valence-corrected chi connectivity index (χ4v) is 2.03. The fourth-order valence-electron chi connectivity index (χ4n) is 1.13. The standard InChI is InChI=1S/C9H5ClFIN2O/c10-7-8(15-14-9(7)13)5-2-1-4(11)3-6(5)12/h1-3H,(H2,13,14). The molecular formula is C9H5ClFIN2O. The van der Waals surface area contributed by atoms with E-state index in [4.69, 9.17) is 21.9 Å². The molecule has 1 heterocycles. The minimum Gasteiger partial charge on any atom is -0.380 e. The lowest BCUT2D eigenvalue weighted by molar-refractivity contribution is 0.435. The Balaban J connectivity index is 2.59. The van der Waals surface area contributed by atoms with E-state index in [9.17, 15) is 4.39 Å². The number of benzene rings is 1. The first kappa shape index (κ1) is 10.7. The summed E-state index contributed by atoms with van der Waals surface area (Å²) in [6.45, 7) is 0. The lowest BCUT2D eigenvalue weighted by atomic mass is 10.2. The Morgan fingerprint density at radius 1 is 1.47 bits per heavy atom. The van der Waals surface area contributed by atoms with Crippen molar-refractivity contribution >= 4 is 40.0 Å². The summed E-state index contributed by atoms with van der Waals surface area (Å²) in [7, 11) is 0. The van der Waals surface area contributed by atoms with Gasteiger partial charge in [0.05, 0.1) is 0 Å². The SMILES string of the molecule is Nc1noc(-c2ccc(F)cc2I)c1Cl. The summed E-state index contributed by atoms with van der Waals surface area (Å²) in [5.41, 5.74) is 6.12. The molecular weight excluding hydrogens is 333 g/mol. The van der Waals surface area contributed by atoms with E-state index in [1.165, 1.54) is 12.1 Å². The molecule has 0 amide bonds. The van der Waals surface area contributed by atoms with E-state index in [1.54, 1.807) is 6.07 Å². The van der Waals surface area contributed by atoms with Gasteiger partial charge in [-0.15, -0.1) is 0 Å². The van der Waals surface area contributed by atoms with Crippen LogP contribution >= 0.6 is 34.2 Å². The Hall–Kier alpha value is -0.820. The van der Waals surface area contributed by atoms with Crippen molar-refractivity contribution < 1.29 is 8.91 Å². The van der Waals surface area contributed by atoms with Crippen molar-refractivity contribution in [2.75, 3.05) is 5.73 Å². The van der Waals surface area contributed by atoms with Crippen molar-refractivity contribution in [2.45, 2.75) is 0 Å². The van der Waals surface area contributed by atoms with Gasteiger partial charge in [0.1, 0.15) is 10.8 Å². The summed E-state index contributed by atoms with van der Waals surface area (Å²) in [5.74, 6) is 0.178. The Morgan fingerprint density at radius 3 is 2.73 bits per heavy atom. The van der Waals surface area contributed by atoms with Gasteiger partial charge >= 0.3 is 0 Å². The molecule has 0 spiro atoms. The second kappa shape index (κ2) is 3.97. The summed E-state index contributed by atoms with van der Waals surface area (Å²) in [4.78, 5) is 0. The topological polar surface area (TPSA) is 52.0 Å². The first-order chi connectivity index (χ1) is 7.09. The highest BCUT2D eigenvalue weighted by Gasteiger charge is 2.16. The van der Waals surface area contributed by atoms with Crippen LogP contribution in [0.4, 0.5) is 10.2 Å². The molecule has 0 fully saturated rings. The van der Waals surface area contributed by atoms with E-state index in [2.05, 4.69) is 5.16 Å². The largest absolute Gasteiger partial charge is 0.380 e. The van der Waals surface area contributed by atoms with E-state index in [0.717, 1.165) is 0 Å². The number of rotatable bonds is 1. The van der Waals surface area contributed by atoms with Crippen molar-refractivity contribution in [2.24, 2.45) is 0 Å². The number of anilines is 1. The van der Waals surface area contributed by atoms with Crippen molar-refractivity contribution in [3.63, 3.8) is 0 Å². The highest BCUT2D eigenvalue weighted by atomic mass is 127. The number of aromatic nitrogens is 1. The molecule has 78 valence electrons. The Bertz CT molecular complexity index is 515. The first-order valence-electron chi connectivity index (χ1n) is 3.95. The van der Waals surface area contributed by atoms with Gasteiger partial charge in [0.2, 0.25) is 0 Å². The van der Waals surface area contributed by atoms with E-state index >= 15 is 0 Å². The summed E-state index contributed by atoms with van der Waals surface area (Å²) in [5, 5.41) is 3.78. The van der Waals surface area contributed by atoms with Gasteiger partial charge in [-0.05, 0) is 40.8 Å². The molecule has 0 unspecified atom stereocenters. The molecule has 0 aliphatic carbocycles. The van der Waals surface area contributed by atoms with Crippen molar-refractivity contribution in [3.8, 4) is 11.3 Å². The van der Waals surface area contributed by atoms with Gasteiger partial charge in [0.25, 0.3) is 0 Å². The van der Waals surface area contributed by atoms with Crippen LogP contribution in [-0.2, 0) is 0 Å². The molecule has 1 aromatic heterocycles. The molecule has 2 aromatic rings. The Labute approximate surface area is 104 Å². The van der Waals surface area contributed by atoms with Crippen LogP contribution in [0, 0.1) is 9.39 Å². The third-order valence-electron chi connectivity index (χ3n) is 1.84. The number of hydrogen-bond acceptors (Lipinski definition) is 3. The van der Waals surface area contributed by atoms with Crippen LogP contribution in [0.2, 0.25) is 5.02 Å². The molecule has 15 heavy (non-hydrogen) atoms. The van der Waals surface area contributed by atoms with Crippen molar-refractivity contribution in [1.29, 1.82) is 0 Å². The average Bonchev–Trinajstić information content (AvgIpc) is 2.49. The molecule has 3 nitrogen and oxygen atoms in total. The lowest BCUT2D eigenvalue weighted by Gasteiger charge is -2.00. The molecule has 0 aliphatic rings. The third-order valence-corrected chi connectivity index (χ3v) is 3.09. The quantitative estimate of drug-likeness (QED) is 0.812. The molecule has 0 atom stereocenters. The van der Waals surface area contributed by atoms with Crippen molar-refractivity contribution in [1.82, 2.24) is 5.16 Å². The maximum Gasteiger partial charge on any atom is 0.188 e. The van der Waals surface area contributed by atoms with Crippen LogP contribution in [0.3, 0.4) is 0 Å². The molecule has 2 N–H and O–H groups in total. The lowest BCUT2D eigenvalue weighted by Crippen LogP contribution is -1.85. The van der Waals surface area contributed by atoms with Crippen LogP contribution in [0.5, 0.6) is 0 Å². The highest BCUT2D eigenvalue weighted by Crippen LogP contribution is 2.34. The molecule has 0 radical (unpaired) electrons. The van der Waals surface area contributed by atoms with Crippen LogP contribution in [-0.4, -0.2) is 5.16 Å². The average molecular weight is 339 g/mol. The minimum absolute atomic E-state index is 0.131. The molecule has 0 bridgehead atoms. The van der Waals surface area contributed by atoms with E-state index in [-0.39, 0.29) is 16.7 Å². The molecule has 6 heteroatoms. The highest BCUT2D eigenvalue weighted by molar-refractivity contribution is 14.1. The number of nitrogens with two attached hydrogens (primary N) is 1. The van der Waals surface area contributed by atoms with E-state index < -0.39 is 0 Å². The second-order valence-corrected chi connectivity index (χ2v) is 4.38. The summed E-state index contributed by atoms with van der Waals surface area (Å²) in [6, 6.07) is 4.28. The zero-order valence-electron chi connectivity index (χ0n) is 7.30. The Morgan fingerprint density at radius 2 is 2.20 bits per heavy atom. The van der Waals surface area contributed by atoms with Gasteiger partial charge in [0, 0.05) is 9.13 Å². The number of halogens is 3. The zero-order valence-corrected chi connectivity index (χ0v) is 10.2. The predicted octanol–water partition coefficient (Wildman–Crippen LogP) is 3.32. The number of nitrogens with zero attached hydrogens (tertiary/aromatic N) is 1. The van der Waals surface area contributed by atoms with Gasteiger partial charge < -0.3 is 10.3 Å². The Kier molecular flexibility index (Phi) is 2.83. The molecule has 0 saturated carbocycles. The van der Waals surface area contributed by atoms with Gasteiger partial charge in [-0.2, -0.15) is 0 Å². The maximum atomic E-state index is 12.9. The first-order valence-corrected chi connectivity index (χ1v) is 5.41. The summed E-state index contributed by atoms with van der Waals surface area (Å²) >= 11 is 7.86. The zero-order chi connectivity index (χ0) is 11.0. The fraction of sp³-hybridized carbons (Fsp3) is 0. The van der Waals surface area contributed by atoms with E-state index in [1.807, 2.05) is 22.6 Å². The van der Waals surface area contributed by atoms with Gasteiger partial charge in [-0.1, -0.05) is 16.8 Å². The second-order valence-electron chi connectivity index (χ2n) is 2.84. The minimum atomic E-state index is -0.313. The van der Waals surface area contributed by atoms with Gasteiger partial charge in [-0.25, -0.2) is 4.39 Å². The smallest absolute Gasteiger partial charge is 0.188 e. The maximum absolute atomic E-state index is 12.9. The van der Waals surface area contributed by atoms with Crippen LogP contribution in [0.1, 0.15) is 0 Å². The number of nitrogen functional groups attached to an aromatic ring is 1. The normalized spacial score (nSPS) is 10.6. The molecule has 1 aromatic carbocycles.